The highest BCUT2D eigenvalue weighted by Crippen LogP contribution is 2.25. The number of hydrogen-bond acceptors (Lipinski definition) is 4. The van der Waals surface area contributed by atoms with Gasteiger partial charge in [0.1, 0.15) is 11.4 Å². The van der Waals surface area contributed by atoms with Crippen LogP contribution in [0.3, 0.4) is 0 Å². The van der Waals surface area contributed by atoms with Crippen LogP contribution in [0.15, 0.2) is 23.7 Å². The van der Waals surface area contributed by atoms with Crippen LogP contribution in [0.5, 0.6) is 0 Å². The van der Waals surface area contributed by atoms with Gasteiger partial charge in [-0.25, -0.2) is 9.37 Å². The molecule has 5 heteroatoms. The summed E-state index contributed by atoms with van der Waals surface area (Å²) in [7, 11) is 0. The predicted molar refractivity (Wildman–Crippen MR) is 64.3 cm³/mol. The third kappa shape index (κ3) is 2.87. The molecule has 0 aliphatic rings. The lowest BCUT2D eigenvalue weighted by atomic mass is 9.98. The molecule has 1 unspecified atom stereocenters. The highest BCUT2D eigenvalue weighted by Gasteiger charge is 2.26. The topological polar surface area (TPSA) is 46.0 Å². The number of aromatic nitrogens is 2. The Bertz CT molecular complexity index is 507. The van der Waals surface area contributed by atoms with E-state index < -0.39 is 11.4 Å². The highest BCUT2D eigenvalue weighted by atomic mass is 32.1. The van der Waals surface area contributed by atoms with Gasteiger partial charge in [0.15, 0.2) is 0 Å². The predicted octanol–water partition coefficient (Wildman–Crippen LogP) is 2.44. The van der Waals surface area contributed by atoms with Crippen LogP contribution in [-0.4, -0.2) is 15.1 Å². The summed E-state index contributed by atoms with van der Waals surface area (Å²) in [5.74, 6) is -0.408. The summed E-state index contributed by atoms with van der Waals surface area (Å²) in [6.45, 7) is 3.56. The number of thiazole rings is 1. The Kier molecular flexibility index (Phi) is 3.22. The van der Waals surface area contributed by atoms with E-state index in [4.69, 9.17) is 0 Å². The Morgan fingerprint density at radius 2 is 2.24 bits per heavy atom. The SMILES string of the molecule is Cc1csc(CC(C)(O)c2ccc(F)cn2)n1. The van der Waals surface area contributed by atoms with Gasteiger partial charge in [0.05, 0.1) is 16.9 Å². The number of nitrogens with zero attached hydrogens (tertiary/aromatic N) is 2. The van der Waals surface area contributed by atoms with E-state index >= 15 is 0 Å². The molecular weight excluding hydrogens is 239 g/mol. The van der Waals surface area contributed by atoms with E-state index in [1.807, 2.05) is 12.3 Å². The fraction of sp³-hybridized carbons (Fsp3) is 0.333. The minimum atomic E-state index is -1.13. The summed E-state index contributed by atoms with van der Waals surface area (Å²) in [5, 5.41) is 13.1. The minimum Gasteiger partial charge on any atom is -0.383 e. The van der Waals surface area contributed by atoms with Crippen LogP contribution in [-0.2, 0) is 12.0 Å². The van der Waals surface area contributed by atoms with E-state index in [2.05, 4.69) is 9.97 Å². The second kappa shape index (κ2) is 4.50. The average molecular weight is 252 g/mol. The van der Waals surface area contributed by atoms with Gasteiger partial charge in [-0.15, -0.1) is 11.3 Å². The van der Waals surface area contributed by atoms with Gasteiger partial charge in [0.25, 0.3) is 0 Å². The van der Waals surface area contributed by atoms with E-state index in [1.165, 1.54) is 23.5 Å². The summed E-state index contributed by atoms with van der Waals surface area (Å²) in [4.78, 5) is 8.20. The Labute approximate surface area is 103 Å². The monoisotopic (exact) mass is 252 g/mol. The molecule has 0 spiro atoms. The van der Waals surface area contributed by atoms with Crippen LogP contribution in [0.25, 0.3) is 0 Å². The highest BCUT2D eigenvalue weighted by molar-refractivity contribution is 7.09. The first kappa shape index (κ1) is 12.1. The van der Waals surface area contributed by atoms with Gasteiger partial charge in [-0.05, 0) is 26.0 Å². The standard InChI is InChI=1S/C12H13FN2OS/c1-8-7-17-11(15-8)5-12(2,16)10-4-3-9(13)6-14-10/h3-4,6-7,16H,5H2,1-2H3. The molecule has 2 aromatic rings. The summed E-state index contributed by atoms with van der Waals surface area (Å²) < 4.78 is 12.8. The molecule has 2 heterocycles. The molecule has 0 saturated carbocycles. The van der Waals surface area contributed by atoms with E-state index in [0.717, 1.165) is 16.9 Å². The Balaban J connectivity index is 2.21. The fourth-order valence-corrected chi connectivity index (χ4v) is 2.48. The second-order valence-electron chi connectivity index (χ2n) is 4.19. The number of halogens is 1. The molecule has 0 saturated heterocycles. The van der Waals surface area contributed by atoms with Gasteiger partial charge >= 0.3 is 0 Å². The Hall–Kier alpha value is -1.33. The van der Waals surface area contributed by atoms with Crippen molar-refractivity contribution in [1.29, 1.82) is 0 Å². The van der Waals surface area contributed by atoms with E-state index in [9.17, 15) is 9.50 Å². The third-order valence-electron chi connectivity index (χ3n) is 2.44. The number of pyridine rings is 1. The molecule has 1 atom stereocenters. The molecule has 0 aliphatic heterocycles. The van der Waals surface area contributed by atoms with Gasteiger partial charge in [-0.2, -0.15) is 0 Å². The van der Waals surface area contributed by atoms with Crippen molar-refractivity contribution in [3.63, 3.8) is 0 Å². The Morgan fingerprint density at radius 3 is 2.76 bits per heavy atom. The molecular formula is C12H13FN2OS. The van der Waals surface area contributed by atoms with Gasteiger partial charge in [0.2, 0.25) is 0 Å². The van der Waals surface area contributed by atoms with Crippen molar-refractivity contribution in [1.82, 2.24) is 9.97 Å². The molecule has 0 amide bonds. The molecule has 0 bridgehead atoms. The average Bonchev–Trinajstić information content (AvgIpc) is 2.63. The number of rotatable bonds is 3. The van der Waals surface area contributed by atoms with Gasteiger partial charge in [-0.3, -0.25) is 4.98 Å². The van der Waals surface area contributed by atoms with Crippen LogP contribution in [0, 0.1) is 12.7 Å². The lowest BCUT2D eigenvalue weighted by molar-refractivity contribution is 0.0528. The smallest absolute Gasteiger partial charge is 0.141 e. The van der Waals surface area contributed by atoms with Crippen molar-refractivity contribution in [2.45, 2.75) is 25.9 Å². The van der Waals surface area contributed by atoms with Gasteiger partial charge in [-0.1, -0.05) is 0 Å². The van der Waals surface area contributed by atoms with E-state index in [1.54, 1.807) is 6.92 Å². The van der Waals surface area contributed by atoms with E-state index in [0.29, 0.717) is 12.1 Å². The molecule has 2 aromatic heterocycles. The van der Waals surface area contributed by atoms with Crippen LogP contribution < -0.4 is 0 Å². The molecule has 3 nitrogen and oxygen atoms in total. The molecule has 90 valence electrons. The number of hydrogen-bond donors (Lipinski definition) is 1. The van der Waals surface area contributed by atoms with Crippen LogP contribution in [0.2, 0.25) is 0 Å². The summed E-state index contributed by atoms with van der Waals surface area (Å²) in [6.07, 6.45) is 1.49. The summed E-state index contributed by atoms with van der Waals surface area (Å²) in [6, 6.07) is 2.79. The number of aliphatic hydroxyl groups is 1. The first-order valence-electron chi connectivity index (χ1n) is 5.23. The van der Waals surface area contributed by atoms with Crippen molar-refractivity contribution in [3.8, 4) is 0 Å². The first-order chi connectivity index (χ1) is 7.97. The van der Waals surface area contributed by atoms with E-state index in [-0.39, 0.29) is 0 Å². The maximum atomic E-state index is 12.8. The van der Waals surface area contributed by atoms with Crippen molar-refractivity contribution in [3.05, 3.63) is 45.9 Å². The molecule has 0 radical (unpaired) electrons. The van der Waals surface area contributed by atoms with Crippen LogP contribution in [0.1, 0.15) is 23.3 Å². The molecule has 0 aromatic carbocycles. The molecule has 0 fully saturated rings. The summed E-state index contributed by atoms with van der Waals surface area (Å²) in [5.41, 5.74) is 0.262. The lowest BCUT2D eigenvalue weighted by Crippen LogP contribution is -2.25. The Morgan fingerprint density at radius 1 is 1.47 bits per heavy atom. The van der Waals surface area contributed by atoms with Crippen LogP contribution >= 0.6 is 11.3 Å². The maximum absolute atomic E-state index is 12.8. The second-order valence-corrected chi connectivity index (χ2v) is 5.14. The largest absolute Gasteiger partial charge is 0.383 e. The van der Waals surface area contributed by atoms with Crippen molar-refractivity contribution in [2.24, 2.45) is 0 Å². The first-order valence-corrected chi connectivity index (χ1v) is 6.11. The zero-order valence-electron chi connectivity index (χ0n) is 9.64. The fourth-order valence-electron chi connectivity index (χ4n) is 1.56. The van der Waals surface area contributed by atoms with Crippen molar-refractivity contribution in [2.75, 3.05) is 0 Å². The van der Waals surface area contributed by atoms with Crippen LogP contribution in [0.4, 0.5) is 4.39 Å². The van der Waals surface area contributed by atoms with Crippen molar-refractivity contribution < 1.29 is 9.50 Å². The van der Waals surface area contributed by atoms with Gasteiger partial charge in [0, 0.05) is 17.5 Å². The quantitative estimate of drug-likeness (QED) is 0.912. The molecule has 0 aliphatic carbocycles. The maximum Gasteiger partial charge on any atom is 0.141 e. The third-order valence-corrected chi connectivity index (χ3v) is 3.41. The normalized spacial score (nSPS) is 14.6. The lowest BCUT2D eigenvalue weighted by Gasteiger charge is -2.21. The molecule has 17 heavy (non-hydrogen) atoms. The molecule has 2 rings (SSSR count). The van der Waals surface area contributed by atoms with Gasteiger partial charge < -0.3 is 5.11 Å². The van der Waals surface area contributed by atoms with Crippen molar-refractivity contribution >= 4 is 11.3 Å². The molecule has 1 N–H and O–H groups in total. The minimum absolute atomic E-state index is 0.379. The zero-order valence-corrected chi connectivity index (χ0v) is 10.5. The zero-order chi connectivity index (χ0) is 12.5. The summed E-state index contributed by atoms with van der Waals surface area (Å²) >= 11 is 1.50. The number of aryl methyl sites for hydroxylation is 1.